The van der Waals surface area contributed by atoms with E-state index >= 15 is 0 Å². The molecule has 2 heterocycles. The lowest BCUT2D eigenvalue weighted by Crippen LogP contribution is -2.60. The Morgan fingerprint density at radius 1 is 1.41 bits per heavy atom. The molecule has 2 aliphatic rings. The summed E-state index contributed by atoms with van der Waals surface area (Å²) in [5.74, 6) is 0.274. The highest BCUT2D eigenvalue weighted by Gasteiger charge is 2.44. The van der Waals surface area contributed by atoms with Crippen molar-refractivity contribution < 1.29 is 13.2 Å². The number of nitrogens with zero attached hydrogens (tertiary/aromatic N) is 2. The summed E-state index contributed by atoms with van der Waals surface area (Å²) in [4.78, 5) is 15.6. The van der Waals surface area contributed by atoms with Crippen molar-refractivity contribution in [2.24, 2.45) is 0 Å². The van der Waals surface area contributed by atoms with Crippen LogP contribution < -0.4 is 5.32 Å². The van der Waals surface area contributed by atoms with Crippen LogP contribution in [-0.2, 0) is 14.6 Å². The Morgan fingerprint density at radius 3 is 2.76 bits per heavy atom. The van der Waals surface area contributed by atoms with Gasteiger partial charge in [0.2, 0.25) is 5.91 Å². The molecule has 2 unspecified atom stereocenters. The third-order valence-electron chi connectivity index (χ3n) is 3.25. The number of likely N-dealkylation sites (N-methyl/N-ethyl adjacent to an activating group) is 1. The van der Waals surface area contributed by atoms with E-state index in [0.717, 1.165) is 0 Å². The Labute approximate surface area is 102 Å². The van der Waals surface area contributed by atoms with Gasteiger partial charge in [0.25, 0.3) is 0 Å². The van der Waals surface area contributed by atoms with Crippen LogP contribution in [0, 0.1) is 0 Å². The molecule has 0 bridgehead atoms. The fourth-order valence-electron chi connectivity index (χ4n) is 2.54. The Morgan fingerprint density at radius 2 is 2.12 bits per heavy atom. The third-order valence-corrected chi connectivity index (χ3v) is 4.97. The van der Waals surface area contributed by atoms with Gasteiger partial charge in [0.05, 0.1) is 24.1 Å². The van der Waals surface area contributed by atoms with Gasteiger partial charge in [-0.05, 0) is 14.1 Å². The molecule has 0 radical (unpaired) electrons. The highest BCUT2D eigenvalue weighted by Crippen LogP contribution is 2.21. The molecule has 2 aliphatic heterocycles. The summed E-state index contributed by atoms with van der Waals surface area (Å²) in [6, 6.07) is -0.263. The van der Waals surface area contributed by atoms with Gasteiger partial charge in [-0.1, -0.05) is 0 Å². The van der Waals surface area contributed by atoms with Gasteiger partial charge >= 0.3 is 0 Å². The Bertz CT molecular complexity index is 407. The lowest BCUT2D eigenvalue weighted by Gasteiger charge is -2.37. The van der Waals surface area contributed by atoms with Crippen molar-refractivity contribution in [1.82, 2.24) is 15.1 Å². The van der Waals surface area contributed by atoms with Gasteiger partial charge in [-0.3, -0.25) is 4.79 Å². The van der Waals surface area contributed by atoms with Crippen molar-refractivity contribution in [3.8, 4) is 0 Å². The molecule has 2 rings (SSSR count). The van der Waals surface area contributed by atoms with Crippen LogP contribution in [0.4, 0.5) is 0 Å². The molecule has 0 spiro atoms. The average molecular weight is 261 g/mol. The number of piperazine rings is 1. The minimum absolute atomic E-state index is 0.0172. The van der Waals surface area contributed by atoms with Gasteiger partial charge in [0.15, 0.2) is 9.84 Å². The zero-order valence-electron chi connectivity index (χ0n) is 10.2. The minimum Gasteiger partial charge on any atom is -0.335 e. The van der Waals surface area contributed by atoms with E-state index in [-0.39, 0.29) is 29.5 Å². The zero-order valence-corrected chi connectivity index (χ0v) is 11.0. The van der Waals surface area contributed by atoms with Gasteiger partial charge in [-0.2, -0.15) is 0 Å². The highest BCUT2D eigenvalue weighted by atomic mass is 32.2. The number of hydrogen-bond donors (Lipinski definition) is 1. The maximum absolute atomic E-state index is 12.0. The third kappa shape index (κ3) is 2.78. The van der Waals surface area contributed by atoms with Crippen molar-refractivity contribution in [2.75, 3.05) is 45.2 Å². The second-order valence-electron chi connectivity index (χ2n) is 5.03. The van der Waals surface area contributed by atoms with E-state index in [9.17, 15) is 13.2 Å². The maximum Gasteiger partial charge on any atom is 0.237 e. The summed E-state index contributed by atoms with van der Waals surface area (Å²) in [5, 5.41) is 3.19. The Kier molecular flexibility index (Phi) is 3.42. The molecule has 7 heteroatoms. The molecule has 0 aromatic rings. The Hall–Kier alpha value is -0.660. The van der Waals surface area contributed by atoms with Crippen molar-refractivity contribution >= 4 is 15.7 Å². The number of sulfone groups is 1. The molecule has 17 heavy (non-hydrogen) atoms. The van der Waals surface area contributed by atoms with E-state index in [2.05, 4.69) is 5.32 Å². The van der Waals surface area contributed by atoms with E-state index in [1.165, 1.54) is 0 Å². The van der Waals surface area contributed by atoms with Crippen LogP contribution in [0.15, 0.2) is 0 Å². The van der Waals surface area contributed by atoms with Gasteiger partial charge in [0.1, 0.15) is 0 Å². The maximum atomic E-state index is 12.0. The van der Waals surface area contributed by atoms with Crippen LogP contribution in [-0.4, -0.2) is 81.4 Å². The first-order valence-electron chi connectivity index (χ1n) is 5.77. The van der Waals surface area contributed by atoms with Crippen LogP contribution in [0.5, 0.6) is 0 Å². The standard InChI is InChI=1S/C10H19N3O3S/c1-12(2)5-10(14)13-4-3-11-8-6-17(15,16)7-9(8)13/h8-9,11H,3-7H2,1-2H3. The summed E-state index contributed by atoms with van der Waals surface area (Å²) >= 11 is 0. The lowest BCUT2D eigenvalue weighted by atomic mass is 10.1. The topological polar surface area (TPSA) is 69.7 Å². The van der Waals surface area contributed by atoms with Crippen LogP contribution in [0.1, 0.15) is 0 Å². The zero-order chi connectivity index (χ0) is 12.6. The molecule has 0 aromatic carbocycles. The van der Waals surface area contributed by atoms with Gasteiger partial charge < -0.3 is 15.1 Å². The molecule has 2 fully saturated rings. The van der Waals surface area contributed by atoms with E-state index in [4.69, 9.17) is 0 Å². The number of amides is 1. The highest BCUT2D eigenvalue weighted by molar-refractivity contribution is 7.91. The molecule has 2 atom stereocenters. The summed E-state index contributed by atoms with van der Waals surface area (Å²) in [6.07, 6.45) is 0. The molecule has 2 saturated heterocycles. The Balaban J connectivity index is 2.10. The quantitative estimate of drug-likeness (QED) is 0.632. The summed E-state index contributed by atoms with van der Waals surface area (Å²) < 4.78 is 23.2. The molecular formula is C10H19N3O3S. The van der Waals surface area contributed by atoms with Crippen molar-refractivity contribution in [1.29, 1.82) is 0 Å². The first-order chi connectivity index (χ1) is 7.89. The number of rotatable bonds is 2. The predicted molar refractivity (Wildman–Crippen MR) is 64.5 cm³/mol. The molecule has 0 aliphatic carbocycles. The van der Waals surface area contributed by atoms with E-state index in [0.29, 0.717) is 19.6 Å². The first-order valence-corrected chi connectivity index (χ1v) is 7.59. The number of carbonyl (C=O) groups excluding carboxylic acids is 1. The number of carbonyl (C=O) groups is 1. The SMILES string of the molecule is CN(C)CC(=O)N1CCNC2CS(=O)(=O)CC21. The summed E-state index contributed by atoms with van der Waals surface area (Å²) in [6.45, 7) is 1.61. The fourth-order valence-corrected chi connectivity index (χ4v) is 4.49. The van der Waals surface area contributed by atoms with Crippen molar-refractivity contribution in [2.45, 2.75) is 12.1 Å². The molecule has 1 amide bonds. The van der Waals surface area contributed by atoms with Crippen molar-refractivity contribution in [3.05, 3.63) is 0 Å². The van der Waals surface area contributed by atoms with E-state index in [1.54, 1.807) is 4.90 Å². The smallest absolute Gasteiger partial charge is 0.237 e. The van der Waals surface area contributed by atoms with Crippen LogP contribution >= 0.6 is 0 Å². The van der Waals surface area contributed by atoms with E-state index < -0.39 is 9.84 Å². The monoisotopic (exact) mass is 261 g/mol. The second-order valence-corrected chi connectivity index (χ2v) is 7.18. The number of fused-ring (bicyclic) bond motifs is 1. The number of hydrogen-bond acceptors (Lipinski definition) is 5. The minimum atomic E-state index is -2.99. The fraction of sp³-hybridized carbons (Fsp3) is 0.900. The molecular weight excluding hydrogens is 242 g/mol. The average Bonchev–Trinajstić information content (AvgIpc) is 2.49. The molecule has 0 saturated carbocycles. The molecule has 1 N–H and O–H groups in total. The molecule has 98 valence electrons. The predicted octanol–water partition coefficient (Wildman–Crippen LogP) is -1.85. The summed E-state index contributed by atoms with van der Waals surface area (Å²) in [5.41, 5.74) is 0. The summed E-state index contributed by atoms with van der Waals surface area (Å²) in [7, 11) is 0.679. The normalized spacial score (nSPS) is 31.6. The van der Waals surface area contributed by atoms with Crippen LogP contribution in [0.3, 0.4) is 0 Å². The molecule has 6 nitrogen and oxygen atoms in total. The van der Waals surface area contributed by atoms with Crippen molar-refractivity contribution in [3.63, 3.8) is 0 Å². The lowest BCUT2D eigenvalue weighted by molar-refractivity contribution is -0.135. The second kappa shape index (κ2) is 4.55. The first kappa shape index (κ1) is 12.8. The number of nitrogens with one attached hydrogen (secondary N) is 1. The van der Waals surface area contributed by atoms with E-state index in [1.807, 2.05) is 19.0 Å². The van der Waals surface area contributed by atoms with Gasteiger partial charge in [-0.25, -0.2) is 8.42 Å². The van der Waals surface area contributed by atoms with Gasteiger partial charge in [-0.15, -0.1) is 0 Å². The largest absolute Gasteiger partial charge is 0.335 e. The van der Waals surface area contributed by atoms with Crippen LogP contribution in [0.25, 0.3) is 0 Å². The van der Waals surface area contributed by atoms with Crippen LogP contribution in [0.2, 0.25) is 0 Å². The van der Waals surface area contributed by atoms with Gasteiger partial charge in [0, 0.05) is 19.1 Å². The molecule has 0 aromatic heterocycles.